The molecule has 2 N–H and O–H groups in total. The summed E-state index contributed by atoms with van der Waals surface area (Å²) >= 11 is 11.8. The summed E-state index contributed by atoms with van der Waals surface area (Å²) in [4.78, 5) is 16.1. The lowest BCUT2D eigenvalue weighted by atomic mass is 10.1. The topological polar surface area (TPSA) is 75.3 Å². The zero-order valence-electron chi connectivity index (χ0n) is 13.8. The first-order valence-electron chi connectivity index (χ1n) is 8.03. The molecule has 1 unspecified atom stereocenters. The Morgan fingerprint density at radius 2 is 1.76 bits per heavy atom. The Bertz CT molecular complexity index is 760. The number of rotatable bonds is 4. The highest BCUT2D eigenvalue weighted by Gasteiger charge is 2.25. The van der Waals surface area contributed by atoms with Crippen molar-refractivity contribution in [2.45, 2.75) is 13.0 Å². The highest BCUT2D eigenvalue weighted by molar-refractivity contribution is 6.30. The Kier molecular flexibility index (Phi) is 5.42. The molecule has 0 radical (unpaired) electrons. The van der Waals surface area contributed by atoms with Gasteiger partial charge in [-0.1, -0.05) is 35.3 Å². The van der Waals surface area contributed by atoms with Gasteiger partial charge in [0.25, 0.3) is 5.91 Å². The molecule has 8 heteroatoms. The first-order chi connectivity index (χ1) is 12.0. The summed E-state index contributed by atoms with van der Waals surface area (Å²) in [6, 6.07) is 9.67. The molecule has 25 heavy (non-hydrogen) atoms. The van der Waals surface area contributed by atoms with Crippen LogP contribution in [0.5, 0.6) is 0 Å². The van der Waals surface area contributed by atoms with Crippen LogP contribution < -0.4 is 10.6 Å². The molecule has 1 aliphatic rings. The fourth-order valence-electron chi connectivity index (χ4n) is 3.05. The number of hydrogen-bond donors (Lipinski definition) is 1. The van der Waals surface area contributed by atoms with Gasteiger partial charge in [0.15, 0.2) is 11.0 Å². The van der Waals surface area contributed by atoms with Gasteiger partial charge in [-0.15, -0.1) is 10.2 Å². The molecular formula is C17H19Cl2N5O. The molecule has 1 aromatic heterocycles. The molecule has 1 saturated heterocycles. The molecule has 0 aliphatic carbocycles. The minimum absolute atomic E-state index is 0.160. The maximum atomic E-state index is 11.6. The molecule has 2 aromatic rings. The molecule has 3 rings (SSSR count). The van der Waals surface area contributed by atoms with Gasteiger partial charge in [0.1, 0.15) is 0 Å². The SMILES string of the molecule is CC(c1ccc(Cl)cc1)N1CCN(c2nnc(Cl)cc2C(N)=O)CC1. The van der Waals surface area contributed by atoms with Crippen molar-refractivity contribution in [3.63, 3.8) is 0 Å². The predicted octanol–water partition coefficient (Wildman–Crippen LogP) is 2.77. The van der Waals surface area contributed by atoms with Crippen LogP contribution in [-0.4, -0.2) is 47.2 Å². The summed E-state index contributed by atoms with van der Waals surface area (Å²) < 4.78 is 0. The quantitative estimate of drug-likeness (QED) is 0.883. The van der Waals surface area contributed by atoms with Gasteiger partial charge < -0.3 is 10.6 Å². The normalized spacial score (nSPS) is 16.7. The summed E-state index contributed by atoms with van der Waals surface area (Å²) in [5.41, 5.74) is 6.97. The number of nitrogens with two attached hydrogens (primary N) is 1. The van der Waals surface area contributed by atoms with Gasteiger partial charge in [-0.05, 0) is 30.7 Å². The summed E-state index contributed by atoms with van der Waals surface area (Å²) in [6.07, 6.45) is 0. The second-order valence-corrected chi connectivity index (χ2v) is 6.84. The smallest absolute Gasteiger partial charge is 0.252 e. The molecular weight excluding hydrogens is 361 g/mol. The fourth-order valence-corrected chi connectivity index (χ4v) is 3.32. The van der Waals surface area contributed by atoms with Crippen LogP contribution in [0.1, 0.15) is 28.9 Å². The van der Waals surface area contributed by atoms with E-state index in [1.807, 2.05) is 17.0 Å². The molecule has 1 aliphatic heterocycles. The van der Waals surface area contributed by atoms with Crippen molar-refractivity contribution in [2.24, 2.45) is 5.73 Å². The van der Waals surface area contributed by atoms with E-state index in [9.17, 15) is 4.79 Å². The lowest BCUT2D eigenvalue weighted by Crippen LogP contribution is -2.48. The van der Waals surface area contributed by atoms with E-state index >= 15 is 0 Å². The minimum atomic E-state index is -0.552. The summed E-state index contributed by atoms with van der Waals surface area (Å²) in [5, 5.41) is 8.81. The average Bonchev–Trinajstić information content (AvgIpc) is 2.62. The number of benzene rings is 1. The maximum absolute atomic E-state index is 11.6. The number of anilines is 1. The first-order valence-corrected chi connectivity index (χ1v) is 8.79. The Hall–Kier alpha value is -1.89. The van der Waals surface area contributed by atoms with Crippen molar-refractivity contribution in [1.82, 2.24) is 15.1 Å². The van der Waals surface area contributed by atoms with Crippen LogP contribution in [0.4, 0.5) is 5.82 Å². The molecule has 0 saturated carbocycles. The van der Waals surface area contributed by atoms with Crippen molar-refractivity contribution < 1.29 is 4.79 Å². The number of aromatic nitrogens is 2. The van der Waals surface area contributed by atoms with Gasteiger partial charge in [0.2, 0.25) is 0 Å². The number of carbonyl (C=O) groups is 1. The third-order valence-corrected chi connectivity index (χ3v) is 4.96. The van der Waals surface area contributed by atoms with E-state index in [0.717, 1.165) is 31.2 Å². The molecule has 0 bridgehead atoms. The van der Waals surface area contributed by atoms with Crippen LogP contribution in [0.25, 0.3) is 0 Å². The van der Waals surface area contributed by atoms with E-state index in [-0.39, 0.29) is 11.2 Å². The number of piperazine rings is 1. The Balaban J connectivity index is 1.70. The zero-order chi connectivity index (χ0) is 18.0. The van der Waals surface area contributed by atoms with Crippen molar-refractivity contribution in [1.29, 1.82) is 0 Å². The van der Waals surface area contributed by atoms with E-state index in [4.69, 9.17) is 28.9 Å². The van der Waals surface area contributed by atoms with Gasteiger partial charge in [-0.25, -0.2) is 0 Å². The van der Waals surface area contributed by atoms with Crippen LogP contribution in [0.2, 0.25) is 10.2 Å². The summed E-state index contributed by atoms with van der Waals surface area (Å²) in [5.74, 6) is -0.0561. The summed E-state index contributed by atoms with van der Waals surface area (Å²) in [7, 11) is 0. The maximum Gasteiger partial charge on any atom is 0.252 e. The number of carbonyl (C=O) groups excluding carboxylic acids is 1. The van der Waals surface area contributed by atoms with Crippen molar-refractivity contribution in [3.8, 4) is 0 Å². The van der Waals surface area contributed by atoms with Crippen LogP contribution in [-0.2, 0) is 0 Å². The zero-order valence-corrected chi connectivity index (χ0v) is 15.3. The average molecular weight is 380 g/mol. The summed E-state index contributed by atoms with van der Waals surface area (Å²) in [6.45, 7) is 5.32. The van der Waals surface area contributed by atoms with Gasteiger partial charge in [0, 0.05) is 37.2 Å². The molecule has 1 amide bonds. The van der Waals surface area contributed by atoms with E-state index in [0.29, 0.717) is 11.4 Å². The van der Waals surface area contributed by atoms with E-state index in [1.54, 1.807) is 0 Å². The first kappa shape index (κ1) is 17.9. The van der Waals surface area contributed by atoms with Crippen LogP contribution in [0, 0.1) is 0 Å². The van der Waals surface area contributed by atoms with E-state index in [2.05, 4.69) is 34.2 Å². The molecule has 6 nitrogen and oxygen atoms in total. The molecule has 1 atom stereocenters. The number of hydrogen-bond acceptors (Lipinski definition) is 5. The monoisotopic (exact) mass is 379 g/mol. The third kappa shape index (κ3) is 4.03. The second-order valence-electron chi connectivity index (χ2n) is 6.02. The standard InChI is InChI=1S/C17H19Cl2N5O/c1-11(12-2-4-13(18)5-3-12)23-6-8-24(9-7-23)17-14(16(20)25)10-15(19)21-22-17/h2-5,10-11H,6-9H2,1H3,(H2,20,25). The highest BCUT2D eigenvalue weighted by Crippen LogP contribution is 2.26. The van der Waals surface area contributed by atoms with Crippen molar-refractivity contribution >= 4 is 34.9 Å². The van der Waals surface area contributed by atoms with Crippen LogP contribution in [0.3, 0.4) is 0 Å². The largest absolute Gasteiger partial charge is 0.365 e. The fraction of sp³-hybridized carbons (Fsp3) is 0.353. The van der Waals surface area contributed by atoms with Crippen molar-refractivity contribution in [2.75, 3.05) is 31.1 Å². The number of nitrogens with zero attached hydrogens (tertiary/aromatic N) is 4. The third-order valence-electron chi connectivity index (χ3n) is 4.52. The van der Waals surface area contributed by atoms with Gasteiger partial charge in [-0.2, -0.15) is 0 Å². The molecule has 0 spiro atoms. The van der Waals surface area contributed by atoms with Gasteiger partial charge in [-0.3, -0.25) is 9.69 Å². The van der Waals surface area contributed by atoms with Gasteiger partial charge >= 0.3 is 0 Å². The molecule has 1 fully saturated rings. The molecule has 132 valence electrons. The number of amides is 1. The lowest BCUT2D eigenvalue weighted by Gasteiger charge is -2.39. The molecule has 2 heterocycles. The van der Waals surface area contributed by atoms with E-state index in [1.165, 1.54) is 11.6 Å². The highest BCUT2D eigenvalue weighted by atomic mass is 35.5. The Morgan fingerprint density at radius 3 is 2.36 bits per heavy atom. The Labute approximate surface area is 156 Å². The number of primary amides is 1. The predicted molar refractivity (Wildman–Crippen MR) is 99.2 cm³/mol. The van der Waals surface area contributed by atoms with Crippen LogP contribution >= 0.6 is 23.2 Å². The molecule has 1 aromatic carbocycles. The minimum Gasteiger partial charge on any atom is -0.365 e. The number of halogens is 2. The second kappa shape index (κ2) is 7.56. The Morgan fingerprint density at radius 1 is 1.12 bits per heavy atom. The van der Waals surface area contributed by atoms with Crippen molar-refractivity contribution in [3.05, 3.63) is 51.6 Å². The van der Waals surface area contributed by atoms with Crippen LogP contribution in [0.15, 0.2) is 30.3 Å². The van der Waals surface area contributed by atoms with E-state index < -0.39 is 5.91 Å². The lowest BCUT2D eigenvalue weighted by molar-refractivity contribution is 0.1000. The van der Waals surface area contributed by atoms with Gasteiger partial charge in [0.05, 0.1) is 5.56 Å².